The first-order valence-electron chi connectivity index (χ1n) is 2.59. The van der Waals surface area contributed by atoms with E-state index in [1.54, 1.807) is 6.92 Å². The number of amides is 1. The first-order valence-corrected chi connectivity index (χ1v) is 2.59. The number of carbonyl (C=O) groups excluding carboxylic acids is 1. The molecule has 0 fully saturated rings. The maximum absolute atomic E-state index is 10.1. The van der Waals surface area contributed by atoms with Gasteiger partial charge in [-0.15, -0.1) is 0 Å². The molecular weight excluding hydrogens is 136 g/mol. The fourth-order valence-corrected chi connectivity index (χ4v) is 0.495. The molecule has 5 nitrogen and oxygen atoms in total. The van der Waals surface area contributed by atoms with Gasteiger partial charge in [-0.1, -0.05) is 0 Å². The zero-order valence-corrected chi connectivity index (χ0v) is 5.33. The Kier molecular flexibility index (Phi) is 1.57. The van der Waals surface area contributed by atoms with E-state index in [0.717, 1.165) is 0 Å². The molecule has 0 spiro atoms. The number of hydrogen-bond acceptors (Lipinski definition) is 4. The second-order valence-corrected chi connectivity index (χ2v) is 1.70. The van der Waals surface area contributed by atoms with Crippen LogP contribution < -0.4 is 10.5 Å². The highest BCUT2D eigenvalue weighted by Gasteiger charge is 2.02. The molecule has 1 rings (SSSR count). The van der Waals surface area contributed by atoms with E-state index in [1.165, 1.54) is 6.07 Å². The van der Waals surface area contributed by atoms with Gasteiger partial charge in [0.15, 0.2) is 0 Å². The van der Waals surface area contributed by atoms with Gasteiger partial charge in [-0.25, -0.2) is 4.79 Å². The molecule has 0 aliphatic carbocycles. The Morgan fingerprint density at radius 3 is 3.00 bits per heavy atom. The van der Waals surface area contributed by atoms with Crippen LogP contribution in [0.1, 0.15) is 5.76 Å². The Hall–Kier alpha value is -1.52. The van der Waals surface area contributed by atoms with E-state index in [9.17, 15) is 4.79 Å². The summed E-state index contributed by atoms with van der Waals surface area (Å²) < 4.78 is 8.95. The third-order valence-electron chi connectivity index (χ3n) is 0.812. The quantitative estimate of drug-likeness (QED) is 0.617. The predicted molar refractivity (Wildman–Crippen MR) is 31.5 cm³/mol. The molecule has 0 atom stereocenters. The lowest BCUT2D eigenvalue weighted by molar-refractivity contribution is 0.206. The standard InChI is InChI=1S/C5H6N2O3/c1-3-2-4(7-10-3)9-5(6)8/h2H,1H3,(H2,6,8). The summed E-state index contributed by atoms with van der Waals surface area (Å²) in [4.78, 5) is 10.1. The van der Waals surface area contributed by atoms with E-state index in [2.05, 4.69) is 14.4 Å². The number of nitrogens with zero attached hydrogens (tertiary/aromatic N) is 1. The zero-order chi connectivity index (χ0) is 7.56. The molecule has 1 amide bonds. The van der Waals surface area contributed by atoms with Crippen LogP contribution in [-0.4, -0.2) is 11.2 Å². The Bertz CT molecular complexity index is 243. The first-order chi connectivity index (χ1) is 4.68. The molecule has 0 aliphatic rings. The fraction of sp³-hybridized carbons (Fsp3) is 0.200. The van der Waals surface area contributed by atoms with Gasteiger partial charge in [-0.2, -0.15) is 0 Å². The van der Waals surface area contributed by atoms with Gasteiger partial charge >= 0.3 is 6.09 Å². The van der Waals surface area contributed by atoms with Crippen LogP contribution in [-0.2, 0) is 0 Å². The van der Waals surface area contributed by atoms with Crippen molar-refractivity contribution >= 4 is 6.09 Å². The maximum Gasteiger partial charge on any atom is 0.411 e. The maximum atomic E-state index is 10.1. The van der Waals surface area contributed by atoms with Crippen LogP contribution in [0.2, 0.25) is 0 Å². The largest absolute Gasteiger partial charge is 0.411 e. The number of aromatic nitrogens is 1. The van der Waals surface area contributed by atoms with Crippen LogP contribution in [0.25, 0.3) is 0 Å². The number of aryl methyl sites for hydroxylation is 1. The Morgan fingerprint density at radius 2 is 2.60 bits per heavy atom. The number of rotatable bonds is 1. The van der Waals surface area contributed by atoms with Crippen LogP contribution in [0.5, 0.6) is 5.88 Å². The smallest absolute Gasteiger partial charge is 0.388 e. The summed E-state index contributed by atoms with van der Waals surface area (Å²) in [6.45, 7) is 1.68. The van der Waals surface area contributed by atoms with Gasteiger partial charge < -0.3 is 15.0 Å². The number of nitrogens with two attached hydrogens (primary N) is 1. The normalized spacial score (nSPS) is 9.30. The van der Waals surface area contributed by atoms with Crippen LogP contribution in [0.15, 0.2) is 10.6 Å². The number of primary amides is 1. The molecule has 1 aromatic rings. The summed E-state index contributed by atoms with van der Waals surface area (Å²) in [7, 11) is 0. The van der Waals surface area contributed by atoms with E-state index in [-0.39, 0.29) is 5.88 Å². The Labute approximate surface area is 56.7 Å². The molecule has 0 aliphatic heterocycles. The van der Waals surface area contributed by atoms with Crippen LogP contribution >= 0.6 is 0 Å². The van der Waals surface area contributed by atoms with Gasteiger partial charge in [0.05, 0.1) is 0 Å². The molecule has 0 bridgehead atoms. The molecule has 54 valence electrons. The summed E-state index contributed by atoms with van der Waals surface area (Å²) in [5.41, 5.74) is 4.69. The molecule has 1 heterocycles. The molecule has 10 heavy (non-hydrogen) atoms. The zero-order valence-electron chi connectivity index (χ0n) is 5.33. The van der Waals surface area contributed by atoms with E-state index in [1.807, 2.05) is 0 Å². The van der Waals surface area contributed by atoms with Crippen molar-refractivity contribution in [1.82, 2.24) is 5.16 Å². The number of carbonyl (C=O) groups is 1. The second-order valence-electron chi connectivity index (χ2n) is 1.70. The van der Waals surface area contributed by atoms with Gasteiger partial charge in [-0.3, -0.25) is 0 Å². The van der Waals surface area contributed by atoms with Gasteiger partial charge in [-0.05, 0) is 12.1 Å². The van der Waals surface area contributed by atoms with Gasteiger partial charge in [0, 0.05) is 6.07 Å². The molecule has 0 saturated heterocycles. The van der Waals surface area contributed by atoms with Crippen molar-refractivity contribution in [3.63, 3.8) is 0 Å². The lowest BCUT2D eigenvalue weighted by atomic mass is 10.5. The van der Waals surface area contributed by atoms with Crippen molar-refractivity contribution in [2.24, 2.45) is 5.73 Å². The predicted octanol–water partition coefficient (Wildman–Crippen LogP) is 0.441. The highest BCUT2D eigenvalue weighted by Crippen LogP contribution is 2.08. The molecule has 0 aromatic carbocycles. The van der Waals surface area contributed by atoms with Gasteiger partial charge in [0.1, 0.15) is 5.76 Å². The SMILES string of the molecule is Cc1cc(OC(N)=O)no1. The highest BCUT2D eigenvalue weighted by molar-refractivity contribution is 5.67. The third-order valence-corrected chi connectivity index (χ3v) is 0.812. The van der Waals surface area contributed by atoms with Crippen molar-refractivity contribution in [3.8, 4) is 5.88 Å². The molecule has 2 N–H and O–H groups in total. The highest BCUT2D eigenvalue weighted by atomic mass is 16.6. The van der Waals surface area contributed by atoms with E-state index >= 15 is 0 Å². The topological polar surface area (TPSA) is 78.4 Å². The first kappa shape index (κ1) is 6.60. The van der Waals surface area contributed by atoms with Crippen molar-refractivity contribution in [2.75, 3.05) is 0 Å². The molecule has 1 aromatic heterocycles. The second kappa shape index (κ2) is 2.38. The summed E-state index contributed by atoms with van der Waals surface area (Å²) in [6, 6.07) is 1.46. The van der Waals surface area contributed by atoms with Gasteiger partial charge in [0.2, 0.25) is 0 Å². The summed E-state index contributed by atoms with van der Waals surface area (Å²) in [5, 5.41) is 3.36. The third kappa shape index (κ3) is 1.48. The molecule has 5 heteroatoms. The number of hydrogen-bond donors (Lipinski definition) is 1. The summed E-state index contributed by atoms with van der Waals surface area (Å²) >= 11 is 0. The Balaban J connectivity index is 2.67. The van der Waals surface area contributed by atoms with Crippen molar-refractivity contribution < 1.29 is 14.1 Å². The summed E-state index contributed by atoms with van der Waals surface area (Å²) in [5.74, 6) is 0.654. The average Bonchev–Trinajstić information content (AvgIpc) is 2.13. The molecule has 0 saturated carbocycles. The molecule has 0 radical (unpaired) electrons. The van der Waals surface area contributed by atoms with E-state index in [4.69, 9.17) is 5.73 Å². The van der Waals surface area contributed by atoms with Crippen LogP contribution in [0.4, 0.5) is 4.79 Å². The van der Waals surface area contributed by atoms with E-state index < -0.39 is 6.09 Å². The summed E-state index contributed by atoms with van der Waals surface area (Å²) in [6.07, 6.45) is -0.895. The van der Waals surface area contributed by atoms with E-state index in [0.29, 0.717) is 5.76 Å². The average molecular weight is 142 g/mol. The minimum atomic E-state index is -0.895. The van der Waals surface area contributed by atoms with Gasteiger partial charge in [0.25, 0.3) is 5.88 Å². The lowest BCUT2D eigenvalue weighted by Crippen LogP contribution is -2.16. The molecular formula is C5H6N2O3. The fourth-order valence-electron chi connectivity index (χ4n) is 0.495. The van der Waals surface area contributed by atoms with Crippen LogP contribution in [0.3, 0.4) is 0 Å². The lowest BCUT2D eigenvalue weighted by Gasteiger charge is -1.89. The number of ether oxygens (including phenoxy) is 1. The monoisotopic (exact) mass is 142 g/mol. The van der Waals surface area contributed by atoms with Crippen molar-refractivity contribution in [1.29, 1.82) is 0 Å². The Morgan fingerprint density at radius 1 is 1.90 bits per heavy atom. The minimum Gasteiger partial charge on any atom is -0.388 e. The van der Waals surface area contributed by atoms with Crippen LogP contribution in [0, 0.1) is 6.92 Å². The van der Waals surface area contributed by atoms with Crippen molar-refractivity contribution in [3.05, 3.63) is 11.8 Å². The molecule has 0 unspecified atom stereocenters. The van der Waals surface area contributed by atoms with Crippen molar-refractivity contribution in [2.45, 2.75) is 6.92 Å². The minimum absolute atomic E-state index is 0.0880.